The lowest BCUT2D eigenvalue weighted by atomic mass is 10.1. The monoisotopic (exact) mass is 436 g/mol. The normalized spacial score (nSPS) is 14.5. The Kier molecular flexibility index (Phi) is 6.86. The first-order chi connectivity index (χ1) is 15.6. The highest BCUT2D eigenvalue weighted by Gasteiger charge is 2.15. The van der Waals surface area contributed by atoms with Crippen LogP contribution in [0, 0.1) is 6.92 Å². The van der Waals surface area contributed by atoms with Crippen molar-refractivity contribution in [2.75, 3.05) is 38.1 Å². The summed E-state index contributed by atoms with van der Waals surface area (Å²) in [4.78, 5) is 9.34. The minimum Gasteiger partial charge on any atom is -0.497 e. The average Bonchev–Trinajstić information content (AvgIpc) is 3.22. The summed E-state index contributed by atoms with van der Waals surface area (Å²) in [5.41, 5.74) is 1.89. The SMILES string of the molecule is COc1cc(C=Cc2nc(Nc3cc(C)[nH]n3)cc(NC3CCOCC3)n2)cc(OC)c1. The van der Waals surface area contributed by atoms with Gasteiger partial charge in [-0.3, -0.25) is 5.10 Å². The van der Waals surface area contributed by atoms with Crippen LogP contribution < -0.4 is 20.1 Å². The third-order valence-electron chi connectivity index (χ3n) is 5.08. The maximum Gasteiger partial charge on any atom is 0.156 e. The van der Waals surface area contributed by atoms with Crippen molar-refractivity contribution in [3.63, 3.8) is 0 Å². The molecule has 1 aromatic carbocycles. The number of aromatic nitrogens is 4. The van der Waals surface area contributed by atoms with Gasteiger partial charge in [0.2, 0.25) is 0 Å². The summed E-state index contributed by atoms with van der Waals surface area (Å²) in [7, 11) is 3.26. The van der Waals surface area contributed by atoms with Crippen LogP contribution in [0.2, 0.25) is 0 Å². The maximum absolute atomic E-state index is 5.46. The molecule has 9 heteroatoms. The number of hydrogen-bond acceptors (Lipinski definition) is 8. The van der Waals surface area contributed by atoms with Gasteiger partial charge in [-0.1, -0.05) is 6.08 Å². The Bertz CT molecular complexity index is 1050. The number of benzene rings is 1. The van der Waals surface area contributed by atoms with E-state index >= 15 is 0 Å². The van der Waals surface area contributed by atoms with E-state index in [4.69, 9.17) is 19.2 Å². The fourth-order valence-electron chi connectivity index (χ4n) is 3.44. The highest BCUT2D eigenvalue weighted by atomic mass is 16.5. The molecule has 3 aromatic rings. The molecule has 0 amide bonds. The fourth-order valence-corrected chi connectivity index (χ4v) is 3.44. The van der Waals surface area contributed by atoms with Gasteiger partial charge in [-0.05, 0) is 43.5 Å². The molecule has 0 radical (unpaired) electrons. The highest BCUT2D eigenvalue weighted by Crippen LogP contribution is 2.24. The molecule has 0 bridgehead atoms. The fraction of sp³-hybridized carbons (Fsp3) is 0.348. The highest BCUT2D eigenvalue weighted by molar-refractivity contribution is 5.70. The van der Waals surface area contributed by atoms with Crippen molar-refractivity contribution in [3.8, 4) is 11.5 Å². The van der Waals surface area contributed by atoms with Crippen LogP contribution in [0.5, 0.6) is 11.5 Å². The van der Waals surface area contributed by atoms with Crippen LogP contribution in [0.4, 0.5) is 17.5 Å². The van der Waals surface area contributed by atoms with Gasteiger partial charge < -0.3 is 24.8 Å². The molecule has 1 saturated heterocycles. The van der Waals surface area contributed by atoms with Crippen LogP contribution in [0.3, 0.4) is 0 Å². The summed E-state index contributed by atoms with van der Waals surface area (Å²) >= 11 is 0. The van der Waals surface area contributed by atoms with E-state index in [1.807, 2.05) is 49.4 Å². The first kappa shape index (κ1) is 21.6. The van der Waals surface area contributed by atoms with Crippen molar-refractivity contribution in [1.82, 2.24) is 20.2 Å². The van der Waals surface area contributed by atoms with Crippen molar-refractivity contribution >= 4 is 29.6 Å². The zero-order valence-electron chi connectivity index (χ0n) is 18.5. The van der Waals surface area contributed by atoms with Crippen LogP contribution in [-0.2, 0) is 4.74 Å². The summed E-state index contributed by atoms with van der Waals surface area (Å²) in [6.45, 7) is 3.46. The van der Waals surface area contributed by atoms with Crippen LogP contribution in [-0.4, -0.2) is 53.6 Å². The number of nitrogens with one attached hydrogen (secondary N) is 3. The smallest absolute Gasteiger partial charge is 0.156 e. The lowest BCUT2D eigenvalue weighted by Crippen LogP contribution is -2.28. The Hall–Kier alpha value is -3.59. The Labute approximate surface area is 187 Å². The Morgan fingerprint density at radius 3 is 2.31 bits per heavy atom. The van der Waals surface area contributed by atoms with E-state index in [0.29, 0.717) is 23.5 Å². The van der Waals surface area contributed by atoms with Crippen molar-refractivity contribution in [3.05, 3.63) is 47.4 Å². The van der Waals surface area contributed by atoms with Crippen molar-refractivity contribution in [1.29, 1.82) is 0 Å². The number of rotatable bonds is 8. The van der Waals surface area contributed by atoms with E-state index in [1.54, 1.807) is 14.2 Å². The number of anilines is 3. The molecular formula is C23H28N6O3. The van der Waals surface area contributed by atoms with Crippen LogP contribution in [0.1, 0.15) is 29.9 Å². The minimum atomic E-state index is 0.318. The third-order valence-corrected chi connectivity index (χ3v) is 5.08. The van der Waals surface area contributed by atoms with E-state index in [2.05, 4.69) is 25.8 Å². The molecule has 0 saturated carbocycles. The van der Waals surface area contributed by atoms with Gasteiger partial charge in [0.25, 0.3) is 0 Å². The number of aromatic amines is 1. The van der Waals surface area contributed by atoms with Gasteiger partial charge in [-0.15, -0.1) is 0 Å². The second-order valence-corrected chi connectivity index (χ2v) is 7.57. The number of nitrogens with zero attached hydrogens (tertiary/aromatic N) is 3. The van der Waals surface area contributed by atoms with Crippen molar-refractivity contribution < 1.29 is 14.2 Å². The molecule has 1 aliphatic heterocycles. The molecule has 3 N–H and O–H groups in total. The summed E-state index contributed by atoms with van der Waals surface area (Å²) in [6, 6.07) is 9.82. The first-order valence-electron chi connectivity index (χ1n) is 10.5. The summed E-state index contributed by atoms with van der Waals surface area (Å²) in [6.07, 6.45) is 5.69. The van der Waals surface area contributed by atoms with Crippen molar-refractivity contribution in [2.24, 2.45) is 0 Å². The second kappa shape index (κ2) is 10.1. The molecule has 2 aromatic heterocycles. The van der Waals surface area contributed by atoms with Gasteiger partial charge in [0.15, 0.2) is 11.6 Å². The topological polar surface area (TPSA) is 106 Å². The molecular weight excluding hydrogens is 408 g/mol. The predicted octanol–water partition coefficient (Wildman–Crippen LogP) is 4.03. The summed E-state index contributed by atoms with van der Waals surface area (Å²) in [5.74, 6) is 4.12. The molecule has 3 heterocycles. The molecule has 168 valence electrons. The van der Waals surface area contributed by atoms with Gasteiger partial charge in [0.1, 0.15) is 23.1 Å². The van der Waals surface area contributed by atoms with Gasteiger partial charge in [0.05, 0.1) is 14.2 Å². The predicted molar refractivity (Wildman–Crippen MR) is 125 cm³/mol. The minimum absolute atomic E-state index is 0.318. The lowest BCUT2D eigenvalue weighted by molar-refractivity contribution is 0.0904. The first-order valence-corrected chi connectivity index (χ1v) is 10.5. The summed E-state index contributed by atoms with van der Waals surface area (Å²) < 4.78 is 16.2. The van der Waals surface area contributed by atoms with Crippen LogP contribution >= 0.6 is 0 Å². The van der Waals surface area contributed by atoms with Crippen LogP contribution in [0.25, 0.3) is 12.2 Å². The van der Waals surface area contributed by atoms with E-state index in [-0.39, 0.29) is 0 Å². The Morgan fingerprint density at radius 1 is 0.938 bits per heavy atom. The van der Waals surface area contributed by atoms with E-state index in [9.17, 15) is 0 Å². The Balaban J connectivity index is 1.61. The Morgan fingerprint density at radius 2 is 1.66 bits per heavy atom. The standard InChI is InChI=1S/C23H28N6O3/c1-15-10-23(29-28-15)27-22-14-21(24-17-6-8-32-9-7-17)25-20(26-22)5-4-16-11-18(30-2)13-19(12-16)31-3/h4-5,10-14,17H,6-9H2,1-3H3,(H3,24,25,26,27,28,29). The number of hydrogen-bond donors (Lipinski definition) is 3. The number of ether oxygens (including phenoxy) is 3. The van der Waals surface area contributed by atoms with Crippen LogP contribution in [0.15, 0.2) is 30.3 Å². The molecule has 32 heavy (non-hydrogen) atoms. The molecule has 0 unspecified atom stereocenters. The molecule has 0 spiro atoms. The quantitative estimate of drug-likeness (QED) is 0.486. The molecule has 4 rings (SSSR count). The van der Waals surface area contributed by atoms with Gasteiger partial charge in [0, 0.05) is 43.1 Å². The molecule has 9 nitrogen and oxygen atoms in total. The van der Waals surface area contributed by atoms with Crippen molar-refractivity contribution in [2.45, 2.75) is 25.8 Å². The third kappa shape index (κ3) is 5.76. The van der Waals surface area contributed by atoms with E-state index < -0.39 is 0 Å². The number of aryl methyl sites for hydroxylation is 1. The lowest BCUT2D eigenvalue weighted by Gasteiger charge is -2.23. The largest absolute Gasteiger partial charge is 0.497 e. The summed E-state index contributed by atoms with van der Waals surface area (Å²) in [5, 5.41) is 13.9. The van der Waals surface area contributed by atoms with Gasteiger partial charge >= 0.3 is 0 Å². The zero-order chi connectivity index (χ0) is 22.3. The molecule has 1 aliphatic rings. The average molecular weight is 437 g/mol. The zero-order valence-corrected chi connectivity index (χ0v) is 18.5. The number of H-pyrrole nitrogens is 1. The maximum atomic E-state index is 5.46. The number of methoxy groups -OCH3 is 2. The van der Waals surface area contributed by atoms with E-state index in [1.165, 1.54) is 0 Å². The molecule has 0 atom stereocenters. The van der Waals surface area contributed by atoms with Gasteiger partial charge in [-0.25, -0.2) is 9.97 Å². The molecule has 1 fully saturated rings. The second-order valence-electron chi connectivity index (χ2n) is 7.57. The molecule has 0 aliphatic carbocycles. The van der Waals surface area contributed by atoms with Gasteiger partial charge in [-0.2, -0.15) is 5.10 Å². The van der Waals surface area contributed by atoms with E-state index in [0.717, 1.165) is 54.6 Å².